The number of carbonyl (C=O) groups is 4. The maximum Gasteiger partial charge on any atom is 0.326 e. The lowest BCUT2D eigenvalue weighted by molar-refractivity contribution is -0.141. The Labute approximate surface area is 162 Å². The van der Waals surface area contributed by atoms with Crippen LogP contribution in [0.4, 0.5) is 0 Å². The zero-order valence-corrected chi connectivity index (χ0v) is 15.1. The number of nitrogens with zero attached hydrogens (tertiary/aromatic N) is 1. The molecule has 2 aromatic carbocycles. The second kappa shape index (κ2) is 8.47. The van der Waals surface area contributed by atoms with Crippen molar-refractivity contribution in [2.75, 3.05) is 6.54 Å². The minimum Gasteiger partial charge on any atom is -0.480 e. The summed E-state index contributed by atoms with van der Waals surface area (Å²) < 4.78 is 0. The van der Waals surface area contributed by atoms with E-state index in [2.05, 4.69) is 5.32 Å². The summed E-state index contributed by atoms with van der Waals surface area (Å²) in [5.74, 6) is -2.57. The summed E-state index contributed by atoms with van der Waals surface area (Å²) in [7, 11) is 0. The Kier molecular flexibility index (Phi) is 5.84. The van der Waals surface area contributed by atoms with Crippen molar-refractivity contribution in [3.05, 3.63) is 71.3 Å². The van der Waals surface area contributed by atoms with E-state index >= 15 is 0 Å². The van der Waals surface area contributed by atoms with Gasteiger partial charge in [0, 0.05) is 12.1 Å². The number of unbranched alkanes of at least 4 members (excludes halogenated alkanes) is 1. The van der Waals surface area contributed by atoms with Crippen molar-refractivity contribution < 1.29 is 24.3 Å². The quantitative estimate of drug-likeness (QED) is 0.540. The predicted octanol–water partition coefficient (Wildman–Crippen LogP) is 2.34. The number of fused-ring (bicyclic) bond motifs is 1. The molecule has 144 valence electrons. The Morgan fingerprint density at radius 3 is 2.04 bits per heavy atom. The standard InChI is InChI=1S/C21H20N2O5/c24-18(14-8-2-1-3-9-14)22-13-7-6-12-17(21(27)28)23-19(25)15-10-4-5-11-16(15)20(23)26/h1-5,8-11,17H,6-7,12-13H2,(H,22,24)(H,27,28)/t17-/m0/s1. The van der Waals surface area contributed by atoms with E-state index in [-0.39, 0.29) is 23.5 Å². The monoisotopic (exact) mass is 380 g/mol. The largest absolute Gasteiger partial charge is 0.480 e. The molecule has 7 heteroatoms. The van der Waals surface area contributed by atoms with Gasteiger partial charge in [-0.2, -0.15) is 0 Å². The molecule has 2 aromatic rings. The number of carboxylic acids is 1. The van der Waals surface area contributed by atoms with Crippen LogP contribution in [0.3, 0.4) is 0 Å². The maximum atomic E-state index is 12.5. The molecule has 0 saturated heterocycles. The average molecular weight is 380 g/mol. The average Bonchev–Trinajstić information content (AvgIpc) is 2.96. The van der Waals surface area contributed by atoms with Gasteiger partial charge in [-0.3, -0.25) is 19.3 Å². The molecule has 0 radical (unpaired) electrons. The first-order valence-corrected chi connectivity index (χ1v) is 9.03. The van der Waals surface area contributed by atoms with Gasteiger partial charge in [-0.25, -0.2) is 4.79 Å². The second-order valence-electron chi connectivity index (χ2n) is 6.50. The fraction of sp³-hybridized carbons (Fsp3) is 0.238. The Morgan fingerprint density at radius 1 is 0.893 bits per heavy atom. The van der Waals surface area contributed by atoms with Gasteiger partial charge in [0.2, 0.25) is 0 Å². The summed E-state index contributed by atoms with van der Waals surface area (Å²) in [5.41, 5.74) is 1.01. The first-order valence-electron chi connectivity index (χ1n) is 9.03. The summed E-state index contributed by atoms with van der Waals surface area (Å²) >= 11 is 0. The molecule has 1 heterocycles. The van der Waals surface area contributed by atoms with Crippen LogP contribution in [0.5, 0.6) is 0 Å². The van der Waals surface area contributed by atoms with Crippen LogP contribution in [0.1, 0.15) is 50.3 Å². The van der Waals surface area contributed by atoms with Gasteiger partial charge in [0.25, 0.3) is 17.7 Å². The van der Waals surface area contributed by atoms with Gasteiger partial charge >= 0.3 is 5.97 Å². The van der Waals surface area contributed by atoms with Crippen molar-refractivity contribution in [3.63, 3.8) is 0 Å². The molecule has 2 N–H and O–H groups in total. The highest BCUT2D eigenvalue weighted by Gasteiger charge is 2.42. The zero-order chi connectivity index (χ0) is 20.1. The number of carboxylic acid groups (broad SMARTS) is 1. The highest BCUT2D eigenvalue weighted by Crippen LogP contribution is 2.26. The summed E-state index contributed by atoms with van der Waals surface area (Å²) in [5, 5.41) is 12.3. The van der Waals surface area contributed by atoms with Crippen molar-refractivity contribution in [2.45, 2.75) is 25.3 Å². The molecule has 1 atom stereocenters. The van der Waals surface area contributed by atoms with Crippen molar-refractivity contribution in [1.29, 1.82) is 0 Å². The number of imide groups is 1. The van der Waals surface area contributed by atoms with Gasteiger partial charge in [-0.15, -0.1) is 0 Å². The van der Waals surface area contributed by atoms with Gasteiger partial charge in [-0.1, -0.05) is 30.3 Å². The Balaban J connectivity index is 1.54. The highest BCUT2D eigenvalue weighted by molar-refractivity contribution is 6.22. The molecule has 0 saturated carbocycles. The number of hydrogen-bond acceptors (Lipinski definition) is 4. The fourth-order valence-corrected chi connectivity index (χ4v) is 3.21. The van der Waals surface area contributed by atoms with Crippen LogP contribution in [-0.2, 0) is 4.79 Å². The number of amides is 3. The van der Waals surface area contributed by atoms with Crippen LogP contribution in [0.2, 0.25) is 0 Å². The summed E-state index contributed by atoms with van der Waals surface area (Å²) in [6, 6.07) is 13.9. The lowest BCUT2D eigenvalue weighted by Gasteiger charge is -2.22. The Bertz CT molecular complexity index is 875. The normalized spacial score (nSPS) is 13.9. The van der Waals surface area contributed by atoms with Crippen LogP contribution in [0, 0.1) is 0 Å². The minimum absolute atomic E-state index is 0.127. The molecule has 0 bridgehead atoms. The van der Waals surface area contributed by atoms with Crippen molar-refractivity contribution in [2.24, 2.45) is 0 Å². The highest BCUT2D eigenvalue weighted by atomic mass is 16.4. The molecular formula is C21H20N2O5. The molecule has 1 aliphatic heterocycles. The third-order valence-electron chi connectivity index (χ3n) is 4.65. The smallest absolute Gasteiger partial charge is 0.326 e. The van der Waals surface area contributed by atoms with Crippen LogP contribution in [-0.4, -0.2) is 46.3 Å². The van der Waals surface area contributed by atoms with E-state index in [1.165, 1.54) is 12.1 Å². The lowest BCUT2D eigenvalue weighted by atomic mass is 10.1. The molecule has 0 fully saturated rings. The van der Waals surface area contributed by atoms with E-state index in [0.717, 1.165) is 4.90 Å². The van der Waals surface area contributed by atoms with Gasteiger partial charge in [-0.05, 0) is 43.5 Å². The number of aliphatic carboxylic acids is 1. The molecule has 0 aromatic heterocycles. The molecule has 0 spiro atoms. The van der Waals surface area contributed by atoms with E-state index in [0.29, 0.717) is 24.9 Å². The molecule has 3 rings (SSSR count). The molecule has 0 unspecified atom stereocenters. The van der Waals surface area contributed by atoms with Crippen molar-refractivity contribution in [1.82, 2.24) is 10.2 Å². The number of benzene rings is 2. The van der Waals surface area contributed by atoms with E-state index in [4.69, 9.17) is 0 Å². The summed E-state index contributed by atoms with van der Waals surface area (Å²) in [6.45, 7) is 0.377. The zero-order valence-electron chi connectivity index (χ0n) is 15.1. The van der Waals surface area contributed by atoms with Gasteiger partial charge in [0.1, 0.15) is 6.04 Å². The number of rotatable bonds is 8. The number of carbonyl (C=O) groups excluding carboxylic acids is 3. The minimum atomic E-state index is -1.22. The molecular weight excluding hydrogens is 360 g/mol. The van der Waals surface area contributed by atoms with Gasteiger partial charge in [0.15, 0.2) is 0 Å². The van der Waals surface area contributed by atoms with Crippen molar-refractivity contribution in [3.8, 4) is 0 Å². The number of hydrogen-bond donors (Lipinski definition) is 2. The fourth-order valence-electron chi connectivity index (χ4n) is 3.21. The molecule has 1 aliphatic rings. The topological polar surface area (TPSA) is 104 Å². The predicted molar refractivity (Wildman–Crippen MR) is 101 cm³/mol. The van der Waals surface area contributed by atoms with Crippen molar-refractivity contribution >= 4 is 23.7 Å². The lowest BCUT2D eigenvalue weighted by Crippen LogP contribution is -2.44. The molecule has 3 amide bonds. The first kappa shape index (κ1) is 19.3. The molecule has 0 aliphatic carbocycles. The summed E-state index contributed by atoms with van der Waals surface area (Å²) in [4.78, 5) is 49.4. The first-order chi connectivity index (χ1) is 13.5. The van der Waals surface area contributed by atoms with Crippen LogP contribution in [0.25, 0.3) is 0 Å². The third kappa shape index (κ3) is 3.93. The van der Waals surface area contributed by atoms with E-state index < -0.39 is 23.8 Å². The second-order valence-corrected chi connectivity index (χ2v) is 6.50. The Hall–Kier alpha value is -3.48. The molecule has 28 heavy (non-hydrogen) atoms. The van der Waals surface area contributed by atoms with E-state index in [1.54, 1.807) is 36.4 Å². The maximum absolute atomic E-state index is 12.5. The summed E-state index contributed by atoms with van der Waals surface area (Å²) in [6.07, 6.45) is 1.10. The van der Waals surface area contributed by atoms with E-state index in [1.807, 2.05) is 6.07 Å². The van der Waals surface area contributed by atoms with Crippen LogP contribution >= 0.6 is 0 Å². The van der Waals surface area contributed by atoms with E-state index in [9.17, 15) is 24.3 Å². The van der Waals surface area contributed by atoms with Crippen LogP contribution in [0.15, 0.2) is 54.6 Å². The SMILES string of the molecule is O=C(NCCCC[C@@H](C(=O)O)N1C(=O)c2ccccc2C1=O)c1ccccc1. The van der Waals surface area contributed by atoms with Crippen LogP contribution < -0.4 is 5.32 Å². The van der Waals surface area contributed by atoms with Gasteiger partial charge in [0.05, 0.1) is 11.1 Å². The Morgan fingerprint density at radius 2 is 1.46 bits per heavy atom. The third-order valence-corrected chi connectivity index (χ3v) is 4.65. The molecule has 7 nitrogen and oxygen atoms in total. The number of nitrogens with one attached hydrogen (secondary N) is 1. The van der Waals surface area contributed by atoms with Gasteiger partial charge < -0.3 is 10.4 Å².